The second-order valence-electron chi connectivity index (χ2n) is 10.2. The minimum Gasteiger partial charge on any atom is -0.487 e. The highest BCUT2D eigenvalue weighted by Gasteiger charge is 2.42. The lowest BCUT2D eigenvalue weighted by atomic mass is 9.80. The van der Waals surface area contributed by atoms with Crippen molar-refractivity contribution in [1.29, 1.82) is 0 Å². The predicted molar refractivity (Wildman–Crippen MR) is 123 cm³/mol. The molecule has 182 valence electrons. The van der Waals surface area contributed by atoms with Gasteiger partial charge in [0.15, 0.2) is 0 Å². The Hall–Kier alpha value is -2.70. The summed E-state index contributed by atoms with van der Waals surface area (Å²) in [6, 6.07) is 11.7. The number of carbonyl (C=O) groups is 1. The average Bonchev–Trinajstić information content (AvgIpc) is 3.64. The summed E-state index contributed by atoms with van der Waals surface area (Å²) in [5.74, 6) is 0.0386. The van der Waals surface area contributed by atoms with E-state index >= 15 is 0 Å². The van der Waals surface area contributed by atoms with Crippen LogP contribution in [0, 0.1) is 11.8 Å². The van der Waals surface area contributed by atoms with Gasteiger partial charge in [0.1, 0.15) is 11.4 Å². The van der Waals surface area contributed by atoms with Gasteiger partial charge in [-0.25, -0.2) is 0 Å². The second kappa shape index (κ2) is 8.51. The first-order valence-corrected chi connectivity index (χ1v) is 12.1. The van der Waals surface area contributed by atoms with Crippen molar-refractivity contribution in [3.05, 3.63) is 59.2 Å². The number of carboxylic acids is 1. The van der Waals surface area contributed by atoms with Crippen LogP contribution >= 0.6 is 0 Å². The minimum absolute atomic E-state index is 0.00738. The number of aryl methyl sites for hydroxylation is 1. The van der Waals surface area contributed by atoms with Crippen LogP contribution in [-0.4, -0.2) is 29.8 Å². The molecule has 7 heteroatoms. The molecule has 2 atom stereocenters. The summed E-state index contributed by atoms with van der Waals surface area (Å²) >= 11 is 0. The van der Waals surface area contributed by atoms with Crippen LogP contribution in [0.5, 0.6) is 5.75 Å². The number of piperidine rings is 1. The molecular weight excluding hydrogens is 443 g/mol. The van der Waals surface area contributed by atoms with Gasteiger partial charge in [-0.1, -0.05) is 25.1 Å². The van der Waals surface area contributed by atoms with Crippen molar-refractivity contribution >= 4 is 11.7 Å². The molecule has 1 saturated heterocycles. The lowest BCUT2D eigenvalue weighted by Crippen LogP contribution is -2.49. The summed E-state index contributed by atoms with van der Waals surface area (Å²) in [4.78, 5) is 13.7. The lowest BCUT2D eigenvalue weighted by Gasteiger charge is -2.45. The number of hydrogen-bond donors (Lipinski definition) is 1. The van der Waals surface area contributed by atoms with Crippen molar-refractivity contribution in [2.24, 2.45) is 11.8 Å². The molecule has 2 aliphatic heterocycles. The molecule has 2 heterocycles. The summed E-state index contributed by atoms with van der Waals surface area (Å²) in [7, 11) is 0. The minimum atomic E-state index is -4.35. The smallest absolute Gasteiger partial charge is 0.416 e. The molecule has 1 saturated carbocycles. The van der Waals surface area contributed by atoms with E-state index in [0.29, 0.717) is 24.7 Å². The first kappa shape index (κ1) is 23.1. The predicted octanol–water partition coefficient (Wildman–Crippen LogP) is 6.28. The summed E-state index contributed by atoms with van der Waals surface area (Å²) < 4.78 is 46.0. The maximum absolute atomic E-state index is 13.1. The fourth-order valence-electron chi connectivity index (χ4n) is 5.71. The molecule has 1 aliphatic carbocycles. The topological polar surface area (TPSA) is 49.8 Å². The number of nitrogens with zero attached hydrogens (tertiary/aromatic N) is 1. The van der Waals surface area contributed by atoms with Crippen LogP contribution < -0.4 is 9.64 Å². The van der Waals surface area contributed by atoms with Gasteiger partial charge in [-0.05, 0) is 72.9 Å². The average molecular weight is 474 g/mol. The van der Waals surface area contributed by atoms with Crippen molar-refractivity contribution < 1.29 is 27.8 Å². The number of hydrogen-bond acceptors (Lipinski definition) is 3. The Kier molecular flexibility index (Phi) is 5.77. The number of anilines is 1. The van der Waals surface area contributed by atoms with Gasteiger partial charge in [0.2, 0.25) is 0 Å². The third kappa shape index (κ3) is 4.49. The first-order chi connectivity index (χ1) is 16.2. The molecule has 1 spiro atoms. The van der Waals surface area contributed by atoms with Crippen molar-refractivity contribution in [2.75, 3.05) is 18.0 Å². The normalized spacial score (nSPS) is 21.5. The van der Waals surface area contributed by atoms with Gasteiger partial charge in [-0.15, -0.1) is 0 Å². The summed E-state index contributed by atoms with van der Waals surface area (Å²) in [5, 5.41) is 9.61. The maximum atomic E-state index is 13.1. The van der Waals surface area contributed by atoms with E-state index in [1.54, 1.807) is 13.0 Å². The van der Waals surface area contributed by atoms with Crippen molar-refractivity contribution in [3.63, 3.8) is 0 Å². The van der Waals surface area contributed by atoms with E-state index in [-0.39, 0.29) is 11.5 Å². The molecule has 5 rings (SSSR count). The summed E-state index contributed by atoms with van der Waals surface area (Å²) in [5.41, 5.74) is 1.83. The molecule has 34 heavy (non-hydrogen) atoms. The van der Waals surface area contributed by atoms with Gasteiger partial charge in [-0.3, -0.25) is 4.79 Å². The molecule has 0 bridgehead atoms. The zero-order chi connectivity index (χ0) is 24.1. The van der Waals surface area contributed by atoms with Crippen LogP contribution in [0.3, 0.4) is 0 Å². The van der Waals surface area contributed by atoms with Crippen LogP contribution in [0.4, 0.5) is 18.9 Å². The molecule has 4 nitrogen and oxygen atoms in total. The Labute approximate surface area is 197 Å². The lowest BCUT2D eigenvalue weighted by molar-refractivity contribution is -0.142. The molecule has 2 fully saturated rings. The van der Waals surface area contributed by atoms with E-state index in [2.05, 4.69) is 18.2 Å². The van der Waals surface area contributed by atoms with E-state index in [1.165, 1.54) is 12.1 Å². The number of halogens is 3. The molecule has 3 aliphatic rings. The fraction of sp³-hybridized carbons (Fsp3) is 0.519. The van der Waals surface area contributed by atoms with Crippen LogP contribution in [0.25, 0.3) is 0 Å². The Morgan fingerprint density at radius 3 is 2.50 bits per heavy atom. The van der Waals surface area contributed by atoms with Crippen molar-refractivity contribution in [1.82, 2.24) is 0 Å². The van der Waals surface area contributed by atoms with Gasteiger partial charge >= 0.3 is 12.1 Å². The van der Waals surface area contributed by atoms with Crippen LogP contribution in [0.15, 0.2) is 42.5 Å². The monoisotopic (exact) mass is 473 g/mol. The number of carboxylic acid groups (broad SMARTS) is 1. The highest BCUT2D eigenvalue weighted by Crippen LogP contribution is 2.49. The van der Waals surface area contributed by atoms with E-state index in [1.807, 2.05) is 4.90 Å². The maximum Gasteiger partial charge on any atom is 0.416 e. The Bertz CT molecular complexity index is 1070. The Morgan fingerprint density at radius 2 is 1.85 bits per heavy atom. The number of aliphatic carboxylic acids is 1. The van der Waals surface area contributed by atoms with E-state index in [9.17, 15) is 23.1 Å². The first-order valence-electron chi connectivity index (χ1n) is 12.1. The molecule has 0 radical (unpaired) electrons. The third-order valence-corrected chi connectivity index (χ3v) is 7.92. The number of benzene rings is 2. The molecule has 0 aromatic heterocycles. The van der Waals surface area contributed by atoms with Crippen LogP contribution in [-0.2, 0) is 17.4 Å². The number of ether oxygens (including phenoxy) is 1. The van der Waals surface area contributed by atoms with E-state index < -0.39 is 23.6 Å². The SMILES string of the molecule is C[C@H](C(=O)O)[C@H](c1ccc2c(c1)OC1(CC2)CCN(c2cccc(C(F)(F)F)c2)CC1)C1CC1. The number of alkyl halides is 3. The number of fused-ring (bicyclic) bond motifs is 1. The fourth-order valence-corrected chi connectivity index (χ4v) is 5.71. The quantitative estimate of drug-likeness (QED) is 0.555. The van der Waals surface area contributed by atoms with Gasteiger partial charge in [0, 0.05) is 31.6 Å². The molecule has 1 N–H and O–H groups in total. The Balaban J connectivity index is 1.31. The molecule has 0 unspecified atom stereocenters. The molecule has 0 amide bonds. The summed E-state index contributed by atoms with van der Waals surface area (Å²) in [6.45, 7) is 3.06. The van der Waals surface area contributed by atoms with Crippen LogP contribution in [0.2, 0.25) is 0 Å². The van der Waals surface area contributed by atoms with Crippen LogP contribution in [0.1, 0.15) is 61.6 Å². The largest absolute Gasteiger partial charge is 0.487 e. The summed E-state index contributed by atoms with van der Waals surface area (Å²) in [6.07, 6.45) is 1.03. The van der Waals surface area contributed by atoms with Gasteiger partial charge < -0.3 is 14.7 Å². The zero-order valence-corrected chi connectivity index (χ0v) is 19.3. The zero-order valence-electron chi connectivity index (χ0n) is 19.3. The molecular formula is C27H30F3NO3. The Morgan fingerprint density at radius 1 is 1.12 bits per heavy atom. The van der Waals surface area contributed by atoms with Crippen molar-refractivity contribution in [3.8, 4) is 5.75 Å². The van der Waals surface area contributed by atoms with E-state index in [4.69, 9.17) is 4.74 Å². The van der Waals surface area contributed by atoms with Gasteiger partial charge in [0.25, 0.3) is 0 Å². The van der Waals surface area contributed by atoms with Crippen molar-refractivity contribution in [2.45, 2.75) is 63.1 Å². The molecule has 2 aromatic rings. The second-order valence-corrected chi connectivity index (χ2v) is 10.2. The standard InChI is InChI=1S/C27H30F3NO3/c1-17(25(32)33)24(19-6-7-19)20-8-5-18-9-10-26(34-23(18)15-20)11-13-31(14-12-26)22-4-2-3-21(16-22)27(28,29)30/h2-5,8,15-17,19,24H,6-7,9-14H2,1H3,(H,32,33)/t17-,24-/m0/s1. The third-order valence-electron chi connectivity index (χ3n) is 7.92. The van der Waals surface area contributed by atoms with Gasteiger partial charge in [0.05, 0.1) is 11.5 Å². The highest BCUT2D eigenvalue weighted by molar-refractivity contribution is 5.71. The van der Waals surface area contributed by atoms with Gasteiger partial charge in [-0.2, -0.15) is 13.2 Å². The molecule has 2 aromatic carbocycles. The highest BCUT2D eigenvalue weighted by atomic mass is 19.4. The van der Waals surface area contributed by atoms with E-state index in [0.717, 1.165) is 61.5 Å². The number of rotatable bonds is 5.